The van der Waals surface area contributed by atoms with Gasteiger partial charge in [-0.15, -0.1) is 0 Å². The van der Waals surface area contributed by atoms with Gasteiger partial charge in [-0.3, -0.25) is 9.69 Å². The third-order valence-electron chi connectivity index (χ3n) is 5.49. The maximum atomic E-state index is 12.3. The number of carbonyl (C=O) groups excluding carboxylic acids is 1. The summed E-state index contributed by atoms with van der Waals surface area (Å²) in [6, 6.07) is 11.3. The van der Waals surface area contributed by atoms with Crippen LogP contribution in [0, 0.1) is 0 Å². The maximum absolute atomic E-state index is 12.3. The highest BCUT2D eigenvalue weighted by Gasteiger charge is 2.19. The molecule has 8 heteroatoms. The van der Waals surface area contributed by atoms with Gasteiger partial charge < -0.3 is 10.2 Å². The molecule has 0 radical (unpaired) electrons. The lowest BCUT2D eigenvalue weighted by molar-refractivity contribution is 0.0952. The van der Waals surface area contributed by atoms with Crippen molar-refractivity contribution in [1.82, 2.24) is 19.8 Å². The Morgan fingerprint density at radius 1 is 1.07 bits per heavy atom. The highest BCUT2D eigenvalue weighted by Crippen LogP contribution is 2.32. The molecule has 3 aromatic rings. The summed E-state index contributed by atoms with van der Waals surface area (Å²) in [6.45, 7) is 5.60. The molecule has 0 bridgehead atoms. The monoisotopic (exact) mass is 445 g/mol. The second-order valence-corrected chi connectivity index (χ2v) is 8.27. The fraction of sp³-hybridized carbons (Fsp3) is 0.364. The minimum atomic E-state index is -0.0364. The minimum Gasteiger partial charge on any atom is -0.368 e. The number of halogens is 2. The van der Waals surface area contributed by atoms with Crippen molar-refractivity contribution >= 4 is 40.3 Å². The molecule has 1 aliphatic heterocycles. The predicted molar refractivity (Wildman–Crippen MR) is 122 cm³/mol. The molecule has 1 aliphatic rings. The summed E-state index contributed by atoms with van der Waals surface area (Å²) in [7, 11) is 0. The van der Waals surface area contributed by atoms with Gasteiger partial charge in [-0.2, -0.15) is 5.10 Å². The Hall–Kier alpha value is -2.28. The van der Waals surface area contributed by atoms with Crippen LogP contribution in [-0.2, 0) is 0 Å². The lowest BCUT2D eigenvalue weighted by Crippen LogP contribution is -2.46. The van der Waals surface area contributed by atoms with E-state index in [4.69, 9.17) is 23.2 Å². The van der Waals surface area contributed by atoms with E-state index < -0.39 is 0 Å². The molecule has 0 unspecified atom stereocenters. The average Bonchev–Trinajstić information content (AvgIpc) is 3.24. The summed E-state index contributed by atoms with van der Waals surface area (Å²) in [5.41, 5.74) is 2.60. The number of nitrogens with zero attached hydrogens (tertiary/aromatic N) is 4. The number of carbonyl (C=O) groups is 1. The van der Waals surface area contributed by atoms with Crippen LogP contribution in [0.15, 0.2) is 48.8 Å². The number of pyridine rings is 1. The van der Waals surface area contributed by atoms with Crippen LogP contribution in [-0.4, -0.2) is 59.7 Å². The molecule has 1 saturated heterocycles. The molecule has 1 fully saturated rings. The zero-order valence-electron chi connectivity index (χ0n) is 16.7. The minimum absolute atomic E-state index is 0.0364. The number of rotatable bonds is 7. The summed E-state index contributed by atoms with van der Waals surface area (Å²) in [5, 5.41) is 8.39. The number of anilines is 1. The smallest absolute Gasteiger partial charge is 0.251 e. The van der Waals surface area contributed by atoms with Crippen molar-refractivity contribution in [3.05, 3.63) is 64.4 Å². The Balaban J connectivity index is 1.15. The van der Waals surface area contributed by atoms with Gasteiger partial charge in [0.15, 0.2) is 0 Å². The van der Waals surface area contributed by atoms with Crippen molar-refractivity contribution in [1.29, 1.82) is 0 Å². The first kappa shape index (κ1) is 21.0. The quantitative estimate of drug-likeness (QED) is 0.558. The van der Waals surface area contributed by atoms with Crippen molar-refractivity contribution in [2.75, 3.05) is 44.2 Å². The largest absolute Gasteiger partial charge is 0.368 e. The number of fused-ring (bicyclic) bond motifs is 1. The van der Waals surface area contributed by atoms with Gasteiger partial charge in [0.05, 0.1) is 21.2 Å². The number of hydrogen-bond acceptors (Lipinski definition) is 4. The Bertz CT molecular complexity index is 1010. The van der Waals surface area contributed by atoms with Gasteiger partial charge >= 0.3 is 0 Å². The van der Waals surface area contributed by atoms with Gasteiger partial charge in [-0.05, 0) is 49.7 Å². The van der Waals surface area contributed by atoms with Crippen LogP contribution in [0.25, 0.3) is 5.52 Å². The van der Waals surface area contributed by atoms with Crippen molar-refractivity contribution in [3.8, 4) is 0 Å². The number of benzene rings is 1. The Kier molecular flexibility index (Phi) is 6.77. The van der Waals surface area contributed by atoms with Gasteiger partial charge in [0.25, 0.3) is 5.91 Å². The van der Waals surface area contributed by atoms with E-state index in [-0.39, 0.29) is 5.91 Å². The normalized spacial score (nSPS) is 14.9. The van der Waals surface area contributed by atoms with E-state index in [1.54, 1.807) is 23.0 Å². The molecule has 2 aromatic heterocycles. The Morgan fingerprint density at radius 2 is 1.90 bits per heavy atom. The molecule has 30 heavy (non-hydrogen) atoms. The fourth-order valence-corrected chi connectivity index (χ4v) is 4.19. The van der Waals surface area contributed by atoms with Gasteiger partial charge in [-0.25, -0.2) is 4.52 Å². The zero-order chi connectivity index (χ0) is 20.9. The molecule has 4 rings (SSSR count). The molecule has 0 spiro atoms. The molecule has 1 aromatic carbocycles. The molecule has 0 aliphatic carbocycles. The van der Waals surface area contributed by atoms with Gasteiger partial charge in [0.2, 0.25) is 0 Å². The molecule has 1 amide bonds. The van der Waals surface area contributed by atoms with Crippen LogP contribution >= 0.6 is 23.2 Å². The summed E-state index contributed by atoms with van der Waals surface area (Å²) < 4.78 is 1.75. The number of nitrogens with one attached hydrogen (secondary N) is 1. The van der Waals surface area contributed by atoms with Crippen molar-refractivity contribution in [2.24, 2.45) is 0 Å². The lowest BCUT2D eigenvalue weighted by atomic mass is 10.2. The predicted octanol–water partition coefficient (Wildman–Crippen LogP) is 3.97. The summed E-state index contributed by atoms with van der Waals surface area (Å²) >= 11 is 12.5. The van der Waals surface area contributed by atoms with E-state index in [1.807, 2.05) is 30.3 Å². The third-order valence-corrected chi connectivity index (χ3v) is 6.30. The maximum Gasteiger partial charge on any atom is 0.251 e. The second kappa shape index (κ2) is 9.69. The number of amides is 1. The van der Waals surface area contributed by atoms with E-state index in [9.17, 15) is 4.79 Å². The first-order chi connectivity index (χ1) is 14.6. The summed E-state index contributed by atoms with van der Waals surface area (Å²) in [6.07, 6.45) is 5.54. The topological polar surface area (TPSA) is 52.9 Å². The lowest BCUT2D eigenvalue weighted by Gasteiger charge is -2.36. The number of hydrogen-bond donors (Lipinski definition) is 1. The molecule has 1 N–H and O–H groups in total. The number of aromatic nitrogens is 2. The Labute approximate surface area is 186 Å². The molecule has 0 saturated carbocycles. The molecule has 0 atom stereocenters. The van der Waals surface area contributed by atoms with E-state index in [0.717, 1.165) is 56.8 Å². The standard InChI is InChI=1S/C22H25Cl2N5O/c23-19-4-3-5-20(21(19)24)28-14-12-27(13-15-28)10-2-1-8-25-22(30)17-7-11-29-18(16-17)6-9-26-29/h3-7,9,11,16H,1-2,8,10,12-15H2,(H,25,30). The molecule has 158 valence electrons. The Morgan fingerprint density at radius 3 is 2.73 bits per heavy atom. The molecule has 3 heterocycles. The molecule has 6 nitrogen and oxygen atoms in total. The summed E-state index contributed by atoms with van der Waals surface area (Å²) in [4.78, 5) is 17.1. The fourth-order valence-electron chi connectivity index (χ4n) is 3.78. The molecular formula is C22H25Cl2N5O. The van der Waals surface area contributed by atoms with E-state index in [0.29, 0.717) is 22.2 Å². The van der Waals surface area contributed by atoms with Crippen LogP contribution in [0.5, 0.6) is 0 Å². The number of unbranched alkanes of at least 4 members (excludes halogenated alkanes) is 1. The van der Waals surface area contributed by atoms with Crippen LogP contribution in [0.1, 0.15) is 23.2 Å². The van der Waals surface area contributed by atoms with Gasteiger partial charge in [0, 0.05) is 50.7 Å². The van der Waals surface area contributed by atoms with E-state index >= 15 is 0 Å². The first-order valence-electron chi connectivity index (χ1n) is 10.2. The van der Waals surface area contributed by atoms with Crippen LogP contribution in [0.3, 0.4) is 0 Å². The SMILES string of the molecule is O=C(NCCCCN1CCN(c2cccc(Cl)c2Cl)CC1)c1ccn2nccc2c1. The first-order valence-corrected chi connectivity index (χ1v) is 11.0. The van der Waals surface area contributed by atoms with Crippen LogP contribution in [0.2, 0.25) is 10.0 Å². The zero-order valence-corrected chi connectivity index (χ0v) is 18.2. The van der Waals surface area contributed by atoms with Crippen LogP contribution < -0.4 is 10.2 Å². The van der Waals surface area contributed by atoms with Crippen molar-refractivity contribution in [2.45, 2.75) is 12.8 Å². The third kappa shape index (κ3) is 4.89. The van der Waals surface area contributed by atoms with E-state index in [2.05, 4.69) is 20.2 Å². The van der Waals surface area contributed by atoms with Crippen LogP contribution in [0.4, 0.5) is 5.69 Å². The summed E-state index contributed by atoms with van der Waals surface area (Å²) in [5.74, 6) is -0.0364. The van der Waals surface area contributed by atoms with Crippen molar-refractivity contribution in [3.63, 3.8) is 0 Å². The van der Waals surface area contributed by atoms with Crippen molar-refractivity contribution < 1.29 is 4.79 Å². The van der Waals surface area contributed by atoms with Gasteiger partial charge in [-0.1, -0.05) is 29.3 Å². The highest BCUT2D eigenvalue weighted by atomic mass is 35.5. The molecular weight excluding hydrogens is 421 g/mol. The van der Waals surface area contributed by atoms with E-state index in [1.165, 1.54) is 0 Å². The highest BCUT2D eigenvalue weighted by molar-refractivity contribution is 6.43. The average molecular weight is 446 g/mol. The van der Waals surface area contributed by atoms with Gasteiger partial charge in [0.1, 0.15) is 0 Å². The number of piperazine rings is 1. The second-order valence-electron chi connectivity index (χ2n) is 7.48.